The number of ether oxygens (including phenoxy) is 1. The van der Waals surface area contributed by atoms with Crippen LogP contribution in [0.1, 0.15) is 6.92 Å². The van der Waals surface area contributed by atoms with Crippen LogP contribution in [0.25, 0.3) is 10.6 Å². The molecule has 0 saturated heterocycles. The number of urea groups is 1. The number of hydrogen-bond acceptors (Lipinski definition) is 6. The van der Waals surface area contributed by atoms with Crippen molar-refractivity contribution in [1.82, 2.24) is 15.0 Å². The summed E-state index contributed by atoms with van der Waals surface area (Å²) < 4.78 is 5.31. The summed E-state index contributed by atoms with van der Waals surface area (Å²) in [5.74, 6) is 1.69. The third-order valence-electron chi connectivity index (χ3n) is 2.90. The van der Waals surface area contributed by atoms with Gasteiger partial charge in [-0.1, -0.05) is 12.6 Å². The molecule has 0 saturated carbocycles. The Balaban J connectivity index is 1.63. The maximum atomic E-state index is 12.1. The molecule has 0 spiro atoms. The minimum Gasteiger partial charge on any atom is -0.444 e. The zero-order valence-corrected chi connectivity index (χ0v) is 14.2. The second-order valence-corrected chi connectivity index (χ2v) is 5.88. The van der Waals surface area contributed by atoms with E-state index < -0.39 is 6.03 Å². The predicted octanol–water partition coefficient (Wildman–Crippen LogP) is 4.16. The fraction of sp³-hybridized carbons (Fsp3) is 0.0588. The summed E-state index contributed by atoms with van der Waals surface area (Å²) in [5, 5.41) is 7.84. The number of carbonyl (C=O) groups is 1. The molecule has 8 heteroatoms. The first-order chi connectivity index (χ1) is 12.1. The molecular formula is C17H15N5O2S. The molecule has 0 fully saturated rings. The van der Waals surface area contributed by atoms with Crippen LogP contribution in [-0.4, -0.2) is 21.0 Å². The monoisotopic (exact) mass is 353 g/mol. The number of thiazole rings is 1. The van der Waals surface area contributed by atoms with Crippen LogP contribution in [0, 0.1) is 0 Å². The minimum absolute atomic E-state index is 0.359. The molecule has 0 aliphatic rings. The number of pyridine rings is 2. The number of amides is 2. The van der Waals surface area contributed by atoms with Gasteiger partial charge in [-0.25, -0.2) is 9.78 Å². The van der Waals surface area contributed by atoms with Gasteiger partial charge in [0.2, 0.25) is 5.88 Å². The highest BCUT2D eigenvalue weighted by Crippen LogP contribution is 2.25. The van der Waals surface area contributed by atoms with Crippen molar-refractivity contribution in [3.05, 3.63) is 60.4 Å². The zero-order valence-electron chi connectivity index (χ0n) is 13.4. The van der Waals surface area contributed by atoms with Crippen LogP contribution in [-0.2, 0) is 0 Å². The van der Waals surface area contributed by atoms with Gasteiger partial charge >= 0.3 is 6.03 Å². The van der Waals surface area contributed by atoms with Crippen LogP contribution in [0.2, 0.25) is 0 Å². The fourth-order valence-corrected chi connectivity index (χ4v) is 2.68. The van der Waals surface area contributed by atoms with Crippen molar-refractivity contribution in [2.45, 2.75) is 6.92 Å². The molecular weight excluding hydrogens is 338 g/mol. The van der Waals surface area contributed by atoms with E-state index in [0.29, 0.717) is 23.3 Å². The molecule has 0 aliphatic heterocycles. The summed E-state index contributed by atoms with van der Waals surface area (Å²) in [6.07, 6.45) is 3.42. The number of carbonyl (C=O) groups excluding carboxylic acids is 1. The van der Waals surface area contributed by atoms with Crippen molar-refractivity contribution in [3.8, 4) is 16.5 Å². The standard InChI is InChI=1S/C17H15N5O2S/c1-11(2)24-15-7-3-6-13(19-15)21-17(23)22-14-10-25-16(20-14)12-5-4-8-18-9-12/h3-10H,1H2,2H3,(H2,19,21,22,23). The first-order valence-corrected chi connectivity index (χ1v) is 8.22. The lowest BCUT2D eigenvalue weighted by Crippen LogP contribution is -2.20. The van der Waals surface area contributed by atoms with Gasteiger partial charge in [0.1, 0.15) is 16.6 Å². The van der Waals surface area contributed by atoms with Crippen molar-refractivity contribution in [2.75, 3.05) is 10.6 Å². The number of nitrogens with zero attached hydrogens (tertiary/aromatic N) is 3. The van der Waals surface area contributed by atoms with Gasteiger partial charge in [-0.3, -0.25) is 15.6 Å². The van der Waals surface area contributed by atoms with Gasteiger partial charge in [-0.2, -0.15) is 4.98 Å². The molecule has 0 atom stereocenters. The Morgan fingerprint density at radius 1 is 1.16 bits per heavy atom. The Morgan fingerprint density at radius 3 is 2.76 bits per heavy atom. The predicted molar refractivity (Wildman–Crippen MR) is 97.7 cm³/mol. The molecule has 0 bridgehead atoms. The Labute approximate surface area is 148 Å². The van der Waals surface area contributed by atoms with E-state index in [9.17, 15) is 4.79 Å². The normalized spacial score (nSPS) is 10.1. The highest BCUT2D eigenvalue weighted by Gasteiger charge is 2.09. The summed E-state index contributed by atoms with van der Waals surface area (Å²) >= 11 is 1.42. The number of hydrogen-bond donors (Lipinski definition) is 2. The largest absolute Gasteiger partial charge is 0.444 e. The summed E-state index contributed by atoms with van der Waals surface area (Å²) in [5.41, 5.74) is 0.896. The average molecular weight is 353 g/mol. The van der Waals surface area contributed by atoms with Gasteiger partial charge in [0.25, 0.3) is 0 Å². The van der Waals surface area contributed by atoms with Gasteiger partial charge in [-0.15, -0.1) is 11.3 Å². The van der Waals surface area contributed by atoms with Crippen LogP contribution >= 0.6 is 11.3 Å². The van der Waals surface area contributed by atoms with E-state index in [2.05, 4.69) is 32.2 Å². The lowest BCUT2D eigenvalue weighted by molar-refractivity contribution is 0.262. The van der Waals surface area contributed by atoms with Gasteiger partial charge in [0, 0.05) is 29.4 Å². The van der Waals surface area contributed by atoms with Crippen LogP contribution in [0.3, 0.4) is 0 Å². The van der Waals surface area contributed by atoms with Crippen molar-refractivity contribution >= 4 is 29.0 Å². The Bertz CT molecular complexity index is 895. The third-order valence-corrected chi connectivity index (χ3v) is 3.79. The maximum absolute atomic E-state index is 12.1. The van der Waals surface area contributed by atoms with E-state index in [1.165, 1.54) is 11.3 Å². The van der Waals surface area contributed by atoms with Gasteiger partial charge in [0.05, 0.1) is 5.76 Å². The van der Waals surface area contributed by atoms with Gasteiger partial charge in [0.15, 0.2) is 0 Å². The quantitative estimate of drug-likeness (QED) is 0.673. The van der Waals surface area contributed by atoms with Crippen LogP contribution < -0.4 is 15.4 Å². The first-order valence-electron chi connectivity index (χ1n) is 7.34. The number of rotatable bonds is 5. The smallest absolute Gasteiger partial charge is 0.326 e. The molecule has 0 aliphatic carbocycles. The van der Waals surface area contributed by atoms with E-state index in [4.69, 9.17) is 4.74 Å². The molecule has 2 N–H and O–H groups in total. The fourth-order valence-electron chi connectivity index (χ4n) is 1.94. The molecule has 3 aromatic rings. The Morgan fingerprint density at radius 2 is 2.00 bits per heavy atom. The average Bonchev–Trinajstić information content (AvgIpc) is 3.03. The van der Waals surface area contributed by atoms with E-state index in [0.717, 1.165) is 10.6 Å². The Hall–Kier alpha value is -3.26. The molecule has 2 amide bonds. The SMILES string of the molecule is C=C(C)Oc1cccc(NC(=O)Nc2csc(-c3cccnc3)n2)n1. The summed E-state index contributed by atoms with van der Waals surface area (Å²) in [4.78, 5) is 24.7. The summed E-state index contributed by atoms with van der Waals surface area (Å²) in [6.45, 7) is 5.37. The number of aromatic nitrogens is 3. The van der Waals surface area contributed by atoms with Crippen molar-refractivity contribution in [3.63, 3.8) is 0 Å². The molecule has 3 aromatic heterocycles. The highest BCUT2D eigenvalue weighted by molar-refractivity contribution is 7.13. The van der Waals surface area contributed by atoms with Crippen molar-refractivity contribution in [1.29, 1.82) is 0 Å². The van der Waals surface area contributed by atoms with Gasteiger partial charge < -0.3 is 4.74 Å². The molecule has 0 radical (unpaired) electrons. The van der Waals surface area contributed by atoms with E-state index in [1.54, 1.807) is 42.9 Å². The lowest BCUT2D eigenvalue weighted by atomic mass is 10.3. The van der Waals surface area contributed by atoms with E-state index in [-0.39, 0.29) is 0 Å². The molecule has 3 rings (SSSR count). The highest BCUT2D eigenvalue weighted by atomic mass is 32.1. The first kappa shape index (κ1) is 16.6. The Kier molecular flexibility index (Phi) is 5.00. The second-order valence-electron chi connectivity index (χ2n) is 5.02. The van der Waals surface area contributed by atoms with Crippen LogP contribution in [0.5, 0.6) is 5.88 Å². The van der Waals surface area contributed by atoms with E-state index in [1.807, 2.05) is 12.1 Å². The number of nitrogens with one attached hydrogen (secondary N) is 2. The lowest BCUT2D eigenvalue weighted by Gasteiger charge is -2.07. The summed E-state index contributed by atoms with van der Waals surface area (Å²) in [6, 6.07) is 8.37. The summed E-state index contributed by atoms with van der Waals surface area (Å²) in [7, 11) is 0. The number of allylic oxidation sites excluding steroid dienone is 1. The molecule has 7 nitrogen and oxygen atoms in total. The maximum Gasteiger partial charge on any atom is 0.326 e. The molecule has 0 aromatic carbocycles. The topological polar surface area (TPSA) is 89.0 Å². The van der Waals surface area contributed by atoms with Crippen molar-refractivity contribution < 1.29 is 9.53 Å². The van der Waals surface area contributed by atoms with Crippen molar-refractivity contribution in [2.24, 2.45) is 0 Å². The van der Waals surface area contributed by atoms with Crippen LogP contribution in [0.15, 0.2) is 60.4 Å². The van der Waals surface area contributed by atoms with Gasteiger partial charge in [-0.05, 0) is 25.1 Å². The third kappa shape index (κ3) is 4.61. The molecule has 0 unspecified atom stereocenters. The van der Waals surface area contributed by atoms with Crippen LogP contribution in [0.4, 0.5) is 16.4 Å². The number of anilines is 2. The van der Waals surface area contributed by atoms with E-state index >= 15 is 0 Å². The zero-order chi connectivity index (χ0) is 17.6. The molecule has 126 valence electrons. The minimum atomic E-state index is -0.442. The second kappa shape index (κ2) is 7.54. The molecule has 25 heavy (non-hydrogen) atoms. The molecule has 3 heterocycles.